The van der Waals surface area contributed by atoms with E-state index in [4.69, 9.17) is 14.2 Å². The summed E-state index contributed by atoms with van der Waals surface area (Å²) in [6, 6.07) is 6.33. The Morgan fingerprint density at radius 1 is 1.18 bits per heavy atom. The average molecular weight is 393 g/mol. The minimum atomic E-state index is 0.459. The van der Waals surface area contributed by atoms with Gasteiger partial charge < -0.3 is 24.8 Å². The Morgan fingerprint density at radius 2 is 1.93 bits per heavy atom. The highest BCUT2D eigenvalue weighted by Gasteiger charge is 2.23. The molecule has 1 fully saturated rings. The van der Waals surface area contributed by atoms with Crippen LogP contribution < -0.4 is 20.1 Å². The summed E-state index contributed by atoms with van der Waals surface area (Å²) in [6.45, 7) is 9.78. The minimum absolute atomic E-state index is 0.459. The van der Waals surface area contributed by atoms with E-state index < -0.39 is 0 Å². The molecule has 158 valence electrons. The Bertz CT molecular complexity index is 616. The van der Waals surface area contributed by atoms with Crippen LogP contribution in [0.2, 0.25) is 0 Å². The van der Waals surface area contributed by atoms with E-state index in [1.165, 1.54) is 0 Å². The maximum atomic E-state index is 5.49. The first kappa shape index (κ1) is 22.3. The highest BCUT2D eigenvalue weighted by Crippen LogP contribution is 2.24. The van der Waals surface area contributed by atoms with Gasteiger partial charge in [-0.25, -0.2) is 0 Å². The maximum Gasteiger partial charge on any atom is 0.191 e. The summed E-state index contributed by atoms with van der Waals surface area (Å²) < 4.78 is 16.3. The summed E-state index contributed by atoms with van der Waals surface area (Å²) in [4.78, 5) is 6.88. The molecule has 1 aliphatic heterocycles. The van der Waals surface area contributed by atoms with Gasteiger partial charge >= 0.3 is 0 Å². The van der Waals surface area contributed by atoms with Crippen molar-refractivity contribution in [2.75, 3.05) is 60.7 Å². The molecule has 2 N–H and O–H groups in total. The van der Waals surface area contributed by atoms with Crippen LogP contribution in [-0.4, -0.2) is 77.6 Å². The summed E-state index contributed by atoms with van der Waals surface area (Å²) in [5, 5.41) is 6.89. The number of hydrogen-bond acceptors (Lipinski definition) is 5. The van der Waals surface area contributed by atoms with E-state index in [1.807, 2.05) is 18.2 Å². The standard InChI is InChI=1S/C21H36N4O3/c1-16(2)19(25-10-12-28-13-11-25)15-24-21(22-3)23-9-8-17-14-18(26-4)6-7-20(17)27-5/h6-7,14,16,19H,8-13,15H2,1-5H3,(H2,22,23,24). The molecule has 1 unspecified atom stereocenters. The second-order valence-corrected chi connectivity index (χ2v) is 7.27. The largest absolute Gasteiger partial charge is 0.497 e. The first-order chi connectivity index (χ1) is 13.6. The molecule has 1 heterocycles. The normalized spacial score (nSPS) is 16.7. The number of hydrogen-bond donors (Lipinski definition) is 2. The summed E-state index contributed by atoms with van der Waals surface area (Å²) in [5.41, 5.74) is 1.11. The van der Waals surface area contributed by atoms with Gasteiger partial charge in [0.2, 0.25) is 0 Å². The Kier molecular flexibility index (Phi) is 9.37. The van der Waals surface area contributed by atoms with Crippen LogP contribution in [0.25, 0.3) is 0 Å². The van der Waals surface area contributed by atoms with Crippen LogP contribution in [0.1, 0.15) is 19.4 Å². The minimum Gasteiger partial charge on any atom is -0.497 e. The van der Waals surface area contributed by atoms with E-state index >= 15 is 0 Å². The van der Waals surface area contributed by atoms with Crippen molar-refractivity contribution >= 4 is 5.96 Å². The van der Waals surface area contributed by atoms with Crippen LogP contribution in [0, 0.1) is 5.92 Å². The van der Waals surface area contributed by atoms with E-state index in [9.17, 15) is 0 Å². The van der Waals surface area contributed by atoms with Crippen LogP contribution >= 0.6 is 0 Å². The lowest BCUT2D eigenvalue weighted by Gasteiger charge is -2.37. The van der Waals surface area contributed by atoms with Crippen molar-refractivity contribution in [1.82, 2.24) is 15.5 Å². The molecule has 1 saturated heterocycles. The van der Waals surface area contributed by atoms with Gasteiger partial charge in [0.1, 0.15) is 11.5 Å². The summed E-state index contributed by atoms with van der Waals surface area (Å²) >= 11 is 0. The van der Waals surface area contributed by atoms with Crippen molar-refractivity contribution in [3.8, 4) is 11.5 Å². The molecule has 1 aromatic rings. The van der Waals surface area contributed by atoms with Gasteiger partial charge in [-0.05, 0) is 36.1 Å². The second kappa shape index (κ2) is 11.8. The number of aliphatic imine (C=N–C) groups is 1. The van der Waals surface area contributed by atoms with Crippen LogP contribution in [-0.2, 0) is 11.2 Å². The molecule has 0 aliphatic carbocycles. The van der Waals surface area contributed by atoms with Crippen molar-refractivity contribution < 1.29 is 14.2 Å². The molecular weight excluding hydrogens is 356 g/mol. The first-order valence-corrected chi connectivity index (χ1v) is 10.1. The molecule has 2 rings (SSSR count). The molecule has 0 bridgehead atoms. The fourth-order valence-corrected chi connectivity index (χ4v) is 3.51. The average Bonchev–Trinajstić information content (AvgIpc) is 2.73. The number of nitrogens with one attached hydrogen (secondary N) is 2. The zero-order chi connectivity index (χ0) is 20.4. The Labute approximate surface area is 169 Å². The number of nitrogens with zero attached hydrogens (tertiary/aromatic N) is 2. The lowest BCUT2D eigenvalue weighted by atomic mass is 10.0. The van der Waals surface area contributed by atoms with E-state index in [0.29, 0.717) is 12.0 Å². The van der Waals surface area contributed by atoms with E-state index in [2.05, 4.69) is 34.4 Å². The molecular formula is C21H36N4O3. The van der Waals surface area contributed by atoms with E-state index in [1.54, 1.807) is 21.3 Å². The van der Waals surface area contributed by atoms with Crippen LogP contribution in [0.5, 0.6) is 11.5 Å². The van der Waals surface area contributed by atoms with Gasteiger partial charge in [-0.2, -0.15) is 0 Å². The molecule has 0 aromatic heterocycles. The second-order valence-electron chi connectivity index (χ2n) is 7.27. The third-order valence-electron chi connectivity index (χ3n) is 5.16. The molecule has 7 nitrogen and oxygen atoms in total. The third kappa shape index (κ3) is 6.56. The molecule has 28 heavy (non-hydrogen) atoms. The molecule has 1 atom stereocenters. The number of rotatable bonds is 9. The third-order valence-corrected chi connectivity index (χ3v) is 5.16. The first-order valence-electron chi connectivity index (χ1n) is 10.1. The van der Waals surface area contributed by atoms with Gasteiger partial charge in [0.05, 0.1) is 27.4 Å². The van der Waals surface area contributed by atoms with E-state index in [-0.39, 0.29) is 0 Å². The van der Waals surface area contributed by atoms with Gasteiger partial charge in [0.15, 0.2) is 5.96 Å². The van der Waals surface area contributed by atoms with Gasteiger partial charge in [0.25, 0.3) is 0 Å². The smallest absolute Gasteiger partial charge is 0.191 e. The molecule has 1 aromatic carbocycles. The van der Waals surface area contributed by atoms with Crippen LogP contribution in [0.3, 0.4) is 0 Å². The highest BCUT2D eigenvalue weighted by molar-refractivity contribution is 5.79. The van der Waals surface area contributed by atoms with Gasteiger partial charge in [-0.15, -0.1) is 0 Å². The number of ether oxygens (including phenoxy) is 3. The fourth-order valence-electron chi connectivity index (χ4n) is 3.51. The monoisotopic (exact) mass is 392 g/mol. The molecule has 0 saturated carbocycles. The molecule has 0 radical (unpaired) electrons. The summed E-state index contributed by atoms with van der Waals surface area (Å²) in [5.74, 6) is 3.09. The van der Waals surface area contributed by atoms with Crippen molar-refractivity contribution in [3.05, 3.63) is 23.8 Å². The zero-order valence-corrected chi connectivity index (χ0v) is 18.0. The number of benzene rings is 1. The topological polar surface area (TPSA) is 67.4 Å². The SMILES string of the molecule is CN=C(NCCc1cc(OC)ccc1OC)NCC(C(C)C)N1CCOCC1. The zero-order valence-electron chi connectivity index (χ0n) is 18.0. The summed E-state index contributed by atoms with van der Waals surface area (Å²) in [7, 11) is 5.17. The molecule has 0 spiro atoms. The van der Waals surface area contributed by atoms with Gasteiger partial charge in [-0.3, -0.25) is 9.89 Å². The predicted octanol–water partition coefficient (Wildman–Crippen LogP) is 1.77. The fraction of sp³-hybridized carbons (Fsp3) is 0.667. The molecule has 7 heteroatoms. The van der Waals surface area contributed by atoms with Crippen molar-refractivity contribution in [2.24, 2.45) is 10.9 Å². The van der Waals surface area contributed by atoms with E-state index in [0.717, 1.165) is 68.8 Å². The molecule has 0 amide bonds. The van der Waals surface area contributed by atoms with Crippen LogP contribution in [0.15, 0.2) is 23.2 Å². The number of methoxy groups -OCH3 is 2. The quantitative estimate of drug-likeness (QED) is 0.493. The van der Waals surface area contributed by atoms with Gasteiger partial charge in [-0.1, -0.05) is 13.8 Å². The Morgan fingerprint density at radius 3 is 2.54 bits per heavy atom. The lowest BCUT2D eigenvalue weighted by molar-refractivity contribution is 0.00752. The van der Waals surface area contributed by atoms with Crippen molar-refractivity contribution in [1.29, 1.82) is 0 Å². The number of morpholine rings is 1. The van der Waals surface area contributed by atoms with Crippen molar-refractivity contribution in [2.45, 2.75) is 26.3 Å². The molecule has 1 aliphatic rings. The number of guanidine groups is 1. The predicted molar refractivity (Wildman–Crippen MR) is 114 cm³/mol. The maximum absolute atomic E-state index is 5.49. The van der Waals surface area contributed by atoms with Gasteiger partial charge in [0, 0.05) is 39.3 Å². The Balaban J connectivity index is 1.85. The summed E-state index contributed by atoms with van der Waals surface area (Å²) in [6.07, 6.45) is 0.818. The van der Waals surface area contributed by atoms with Crippen molar-refractivity contribution in [3.63, 3.8) is 0 Å². The Hall–Kier alpha value is -1.99. The highest BCUT2D eigenvalue weighted by atomic mass is 16.5. The van der Waals surface area contributed by atoms with Crippen LogP contribution in [0.4, 0.5) is 0 Å². The lowest BCUT2D eigenvalue weighted by Crippen LogP contribution is -2.52.